The molecule has 8 nitrogen and oxygen atoms in total. The second kappa shape index (κ2) is 10.6. The molecule has 2 aromatic carbocycles. The Balaban J connectivity index is 1.84. The van der Waals surface area contributed by atoms with Crippen LogP contribution in [0.2, 0.25) is 0 Å². The molecule has 0 fully saturated rings. The van der Waals surface area contributed by atoms with E-state index in [-0.39, 0.29) is 42.0 Å². The highest BCUT2D eigenvalue weighted by molar-refractivity contribution is 7.12. The van der Waals surface area contributed by atoms with Gasteiger partial charge in [0.2, 0.25) is 5.91 Å². The minimum absolute atomic E-state index is 0.0180. The summed E-state index contributed by atoms with van der Waals surface area (Å²) in [6.45, 7) is 0.158. The van der Waals surface area contributed by atoms with Crippen LogP contribution in [0.25, 0.3) is 22.4 Å². The summed E-state index contributed by atoms with van der Waals surface area (Å²) in [5.41, 5.74) is 8.40. The fraction of sp³-hybridized carbons (Fsp3) is 0.0769. The number of nitrogens with zero attached hydrogens (tertiary/aromatic N) is 2. The molecule has 174 valence electrons. The van der Waals surface area contributed by atoms with Crippen molar-refractivity contribution in [2.24, 2.45) is 5.73 Å². The lowest BCUT2D eigenvalue weighted by atomic mass is 9.96. The van der Waals surface area contributed by atoms with Crippen molar-refractivity contribution in [1.82, 2.24) is 10.3 Å². The summed E-state index contributed by atoms with van der Waals surface area (Å²) < 4.78 is 0. The van der Waals surface area contributed by atoms with Crippen LogP contribution in [-0.4, -0.2) is 28.4 Å². The topological polar surface area (TPSA) is 141 Å². The van der Waals surface area contributed by atoms with Crippen molar-refractivity contribution in [3.63, 3.8) is 0 Å². The molecule has 0 radical (unpaired) electrons. The van der Waals surface area contributed by atoms with Gasteiger partial charge in [-0.1, -0.05) is 36.4 Å². The van der Waals surface area contributed by atoms with Crippen molar-refractivity contribution in [2.75, 3.05) is 11.9 Å². The number of nitriles is 1. The summed E-state index contributed by atoms with van der Waals surface area (Å²) in [6.07, 6.45) is 0. The van der Waals surface area contributed by atoms with Crippen LogP contribution in [0, 0.1) is 11.3 Å². The van der Waals surface area contributed by atoms with Crippen LogP contribution < -0.4 is 16.4 Å². The molecule has 4 aromatic rings. The molecule has 5 N–H and O–H groups in total. The van der Waals surface area contributed by atoms with Crippen molar-refractivity contribution in [2.45, 2.75) is 6.54 Å². The summed E-state index contributed by atoms with van der Waals surface area (Å²) in [5.74, 6) is -0.562. The van der Waals surface area contributed by atoms with E-state index in [2.05, 4.69) is 21.7 Å². The van der Waals surface area contributed by atoms with Gasteiger partial charge >= 0.3 is 0 Å². The average molecular weight is 484 g/mol. The number of hydrogen-bond acceptors (Lipinski definition) is 7. The number of benzene rings is 2. The summed E-state index contributed by atoms with van der Waals surface area (Å²) in [4.78, 5) is 29.4. The summed E-state index contributed by atoms with van der Waals surface area (Å²) in [7, 11) is 0. The zero-order chi connectivity index (χ0) is 24.8. The minimum Gasteiger partial charge on any atom is -0.507 e. The molecule has 0 aliphatic carbocycles. The first-order valence-electron chi connectivity index (χ1n) is 10.6. The van der Waals surface area contributed by atoms with E-state index in [1.807, 2.05) is 24.3 Å². The van der Waals surface area contributed by atoms with Gasteiger partial charge in [-0.05, 0) is 46.8 Å². The number of phenols is 1. The molecule has 2 amide bonds. The maximum Gasteiger partial charge on any atom is 0.266 e. The molecule has 0 unspecified atom stereocenters. The predicted octanol–water partition coefficient (Wildman–Crippen LogP) is 3.88. The molecule has 9 heteroatoms. The summed E-state index contributed by atoms with van der Waals surface area (Å²) in [5, 5.41) is 27.7. The number of carbonyl (C=O) groups excluding carboxylic acids is 2. The molecular formula is C26H21N5O3S. The number of nitrogens with one attached hydrogen (secondary N) is 2. The standard InChI is InChI=1S/C26H21N5O3S/c27-13-20-19(17-6-3-5-16(11-17)15-29-24(33)14-28)12-21(18-7-1-2-8-22(18)32)30-25(20)31-26(34)23-9-4-10-35-23/h1-12,32H,14-15,28H2,(H,29,33)(H,30,31,34). The molecule has 0 saturated carbocycles. The number of rotatable bonds is 7. The molecule has 0 aliphatic heterocycles. The third kappa shape index (κ3) is 5.35. The minimum atomic E-state index is -0.386. The number of aromatic nitrogens is 1. The zero-order valence-electron chi connectivity index (χ0n) is 18.5. The quantitative estimate of drug-likeness (QED) is 0.314. The Labute approximate surface area is 205 Å². The van der Waals surface area contributed by atoms with E-state index in [9.17, 15) is 20.0 Å². The first-order chi connectivity index (χ1) is 17.0. The Morgan fingerprint density at radius 1 is 1.06 bits per heavy atom. The Morgan fingerprint density at radius 3 is 2.60 bits per heavy atom. The maximum absolute atomic E-state index is 12.8. The molecule has 2 aromatic heterocycles. The smallest absolute Gasteiger partial charge is 0.266 e. The number of pyridine rings is 1. The highest BCUT2D eigenvalue weighted by atomic mass is 32.1. The van der Waals surface area contributed by atoms with Crippen LogP contribution in [0.4, 0.5) is 5.82 Å². The number of thiophene rings is 1. The molecule has 2 heterocycles. The van der Waals surface area contributed by atoms with E-state index < -0.39 is 0 Å². The lowest BCUT2D eigenvalue weighted by Gasteiger charge is -2.15. The first kappa shape index (κ1) is 23.6. The molecule has 0 saturated heterocycles. The van der Waals surface area contributed by atoms with Crippen molar-refractivity contribution in [1.29, 1.82) is 5.26 Å². The second-order valence-electron chi connectivity index (χ2n) is 7.52. The SMILES string of the molecule is N#Cc1c(-c2cccc(CNC(=O)CN)c2)cc(-c2ccccc2O)nc1NC(=O)c1cccs1. The fourth-order valence-corrected chi connectivity index (χ4v) is 4.12. The van der Waals surface area contributed by atoms with E-state index >= 15 is 0 Å². The monoisotopic (exact) mass is 483 g/mol. The lowest BCUT2D eigenvalue weighted by molar-refractivity contribution is -0.119. The molecule has 0 atom stereocenters. The molecular weight excluding hydrogens is 462 g/mol. The Bertz CT molecular complexity index is 1430. The van der Waals surface area contributed by atoms with Gasteiger partial charge in [0.05, 0.1) is 17.1 Å². The summed E-state index contributed by atoms with van der Waals surface area (Å²) >= 11 is 1.27. The van der Waals surface area contributed by atoms with E-state index in [1.54, 1.807) is 47.8 Å². The van der Waals surface area contributed by atoms with E-state index in [0.717, 1.165) is 5.56 Å². The number of para-hydroxylation sites is 1. The van der Waals surface area contributed by atoms with Crippen LogP contribution in [0.1, 0.15) is 20.8 Å². The highest BCUT2D eigenvalue weighted by Crippen LogP contribution is 2.35. The predicted molar refractivity (Wildman–Crippen MR) is 135 cm³/mol. The average Bonchev–Trinajstić information content (AvgIpc) is 3.42. The van der Waals surface area contributed by atoms with Gasteiger partial charge in [0.15, 0.2) is 5.82 Å². The third-order valence-corrected chi connectivity index (χ3v) is 6.07. The normalized spacial score (nSPS) is 10.4. The number of nitrogens with two attached hydrogens (primary N) is 1. The number of carbonyl (C=O) groups is 2. The van der Waals surface area contributed by atoms with Crippen LogP contribution in [0.3, 0.4) is 0 Å². The van der Waals surface area contributed by atoms with Crippen molar-refractivity contribution in [3.8, 4) is 34.2 Å². The van der Waals surface area contributed by atoms with Gasteiger partial charge in [0.25, 0.3) is 5.91 Å². The Kier molecular flexibility index (Phi) is 7.16. The molecule has 4 rings (SSSR count). The number of amides is 2. The van der Waals surface area contributed by atoms with Gasteiger partial charge < -0.3 is 21.5 Å². The molecule has 0 spiro atoms. The molecule has 0 aliphatic rings. The van der Waals surface area contributed by atoms with E-state index in [0.29, 0.717) is 27.3 Å². The number of anilines is 1. The van der Waals surface area contributed by atoms with Crippen LogP contribution in [0.5, 0.6) is 5.75 Å². The second-order valence-corrected chi connectivity index (χ2v) is 8.47. The van der Waals surface area contributed by atoms with Crippen LogP contribution >= 0.6 is 11.3 Å². The third-order valence-electron chi connectivity index (χ3n) is 5.20. The summed E-state index contributed by atoms with van der Waals surface area (Å²) in [6, 6.07) is 21.3. The van der Waals surface area contributed by atoms with Gasteiger partial charge in [-0.25, -0.2) is 4.98 Å². The van der Waals surface area contributed by atoms with Gasteiger partial charge in [0, 0.05) is 17.7 Å². The van der Waals surface area contributed by atoms with E-state index in [1.165, 1.54) is 11.3 Å². The first-order valence-corrected chi connectivity index (χ1v) is 11.5. The van der Waals surface area contributed by atoms with Gasteiger partial charge in [-0.2, -0.15) is 5.26 Å². The maximum atomic E-state index is 12.8. The van der Waals surface area contributed by atoms with Crippen LogP contribution in [-0.2, 0) is 11.3 Å². The van der Waals surface area contributed by atoms with Crippen molar-refractivity contribution >= 4 is 29.0 Å². The van der Waals surface area contributed by atoms with Gasteiger partial charge in [-0.3, -0.25) is 9.59 Å². The van der Waals surface area contributed by atoms with Crippen LogP contribution in [0.15, 0.2) is 72.1 Å². The largest absolute Gasteiger partial charge is 0.507 e. The van der Waals surface area contributed by atoms with Gasteiger partial charge in [-0.15, -0.1) is 11.3 Å². The highest BCUT2D eigenvalue weighted by Gasteiger charge is 2.19. The Morgan fingerprint density at radius 2 is 1.89 bits per heavy atom. The Hall–Kier alpha value is -4.52. The number of aromatic hydroxyl groups is 1. The lowest BCUT2D eigenvalue weighted by Crippen LogP contribution is -2.29. The van der Waals surface area contributed by atoms with Crippen molar-refractivity contribution < 1.29 is 14.7 Å². The molecule has 0 bridgehead atoms. The number of phenolic OH excluding ortho intramolecular Hbond substituents is 1. The number of hydrogen-bond donors (Lipinski definition) is 4. The fourth-order valence-electron chi connectivity index (χ4n) is 3.50. The zero-order valence-corrected chi connectivity index (χ0v) is 19.3. The molecule has 35 heavy (non-hydrogen) atoms. The van der Waals surface area contributed by atoms with E-state index in [4.69, 9.17) is 5.73 Å². The van der Waals surface area contributed by atoms with Crippen molar-refractivity contribution in [3.05, 3.63) is 88.1 Å². The van der Waals surface area contributed by atoms with Gasteiger partial charge in [0.1, 0.15) is 17.4 Å².